The summed E-state index contributed by atoms with van der Waals surface area (Å²) in [4.78, 5) is 18.4. The zero-order valence-corrected chi connectivity index (χ0v) is 10.7. The first-order valence-electron chi connectivity index (χ1n) is 5.43. The van der Waals surface area contributed by atoms with Gasteiger partial charge in [-0.2, -0.15) is 0 Å². The zero-order valence-electron chi connectivity index (χ0n) is 9.91. The highest BCUT2D eigenvalue weighted by Gasteiger charge is 2.17. The molecular formula is C10H18N4OS. The van der Waals surface area contributed by atoms with E-state index in [1.54, 1.807) is 0 Å². The van der Waals surface area contributed by atoms with Crippen LogP contribution in [0.25, 0.3) is 0 Å². The number of carbonyl (C=O) groups is 1. The minimum absolute atomic E-state index is 0.143. The van der Waals surface area contributed by atoms with Crippen molar-refractivity contribution < 1.29 is 4.79 Å². The average Bonchev–Trinajstić information content (AvgIpc) is 2.63. The van der Waals surface area contributed by atoms with Crippen molar-refractivity contribution in [3.63, 3.8) is 0 Å². The number of rotatable bonds is 5. The zero-order chi connectivity index (χ0) is 12.1. The number of aromatic nitrogens is 1. The highest BCUT2D eigenvalue weighted by atomic mass is 32.1. The maximum atomic E-state index is 11.6. The molecule has 5 nitrogen and oxygen atoms in total. The van der Waals surface area contributed by atoms with Gasteiger partial charge >= 0.3 is 0 Å². The molecule has 1 rings (SSSR count). The molecule has 3 N–H and O–H groups in total. The molecule has 0 saturated heterocycles. The summed E-state index contributed by atoms with van der Waals surface area (Å²) in [6.45, 7) is 8.29. The fraction of sp³-hybridized carbons (Fsp3) is 0.600. The molecule has 0 radical (unpaired) electrons. The molecule has 0 atom stereocenters. The lowest BCUT2D eigenvalue weighted by Crippen LogP contribution is -2.22. The Labute approximate surface area is 99.7 Å². The maximum absolute atomic E-state index is 11.6. The molecule has 0 aromatic carbocycles. The lowest BCUT2D eigenvalue weighted by Gasteiger charge is -2.16. The molecule has 90 valence electrons. The van der Waals surface area contributed by atoms with E-state index in [9.17, 15) is 4.79 Å². The van der Waals surface area contributed by atoms with Crippen LogP contribution in [0.5, 0.6) is 0 Å². The quantitative estimate of drug-likeness (QED) is 0.817. The van der Waals surface area contributed by atoms with Crippen molar-refractivity contribution in [1.82, 2.24) is 10.3 Å². The van der Waals surface area contributed by atoms with Crippen molar-refractivity contribution in [2.45, 2.75) is 20.8 Å². The first-order valence-corrected chi connectivity index (χ1v) is 6.25. The largest absolute Gasteiger partial charge is 0.382 e. The van der Waals surface area contributed by atoms with Gasteiger partial charge in [0.2, 0.25) is 0 Å². The molecule has 0 spiro atoms. The van der Waals surface area contributed by atoms with Crippen LogP contribution in [0, 0.1) is 0 Å². The van der Waals surface area contributed by atoms with E-state index in [0.717, 1.165) is 18.2 Å². The van der Waals surface area contributed by atoms with Crippen molar-refractivity contribution >= 4 is 28.2 Å². The molecular weight excluding hydrogens is 224 g/mol. The van der Waals surface area contributed by atoms with Crippen LogP contribution in [0.1, 0.15) is 30.4 Å². The highest BCUT2D eigenvalue weighted by molar-refractivity contribution is 7.18. The Kier molecular flexibility index (Phi) is 4.54. The number of thiazole rings is 1. The minimum atomic E-state index is -0.143. The summed E-state index contributed by atoms with van der Waals surface area (Å²) >= 11 is 1.34. The molecule has 16 heavy (non-hydrogen) atoms. The molecule has 1 aromatic heterocycles. The lowest BCUT2D eigenvalue weighted by atomic mass is 10.4. The Hall–Kier alpha value is -1.30. The van der Waals surface area contributed by atoms with Crippen LogP contribution in [-0.4, -0.2) is 30.5 Å². The Balaban J connectivity index is 2.92. The predicted molar refractivity (Wildman–Crippen MR) is 68.1 cm³/mol. The fourth-order valence-electron chi connectivity index (χ4n) is 1.35. The second-order valence-corrected chi connectivity index (χ2v) is 4.22. The SMILES string of the molecule is CCNC(=O)c1sc(N(CC)CC)nc1N. The molecule has 0 bridgehead atoms. The van der Waals surface area contributed by atoms with E-state index in [1.165, 1.54) is 11.3 Å². The summed E-state index contributed by atoms with van der Waals surface area (Å²) in [5.41, 5.74) is 5.73. The van der Waals surface area contributed by atoms with E-state index in [0.29, 0.717) is 17.2 Å². The van der Waals surface area contributed by atoms with Crippen molar-refractivity contribution in [1.29, 1.82) is 0 Å². The number of hydrogen-bond acceptors (Lipinski definition) is 5. The third kappa shape index (κ3) is 2.63. The number of nitrogens with zero attached hydrogens (tertiary/aromatic N) is 2. The van der Waals surface area contributed by atoms with Gasteiger partial charge in [-0.1, -0.05) is 11.3 Å². The van der Waals surface area contributed by atoms with Gasteiger partial charge in [0.25, 0.3) is 5.91 Å². The fourth-order valence-corrected chi connectivity index (χ4v) is 2.38. The number of anilines is 2. The number of nitrogens with two attached hydrogens (primary N) is 1. The Morgan fingerprint density at radius 2 is 2.06 bits per heavy atom. The van der Waals surface area contributed by atoms with Crippen LogP contribution in [-0.2, 0) is 0 Å². The van der Waals surface area contributed by atoms with Crippen LogP contribution >= 0.6 is 11.3 Å². The van der Waals surface area contributed by atoms with Crippen LogP contribution in [0.2, 0.25) is 0 Å². The standard InChI is InChI=1S/C10H18N4OS/c1-4-12-9(15)7-8(11)13-10(16-7)14(5-2)6-3/h4-6,11H2,1-3H3,(H,12,15). The monoisotopic (exact) mass is 242 g/mol. The van der Waals surface area contributed by atoms with E-state index in [4.69, 9.17) is 5.73 Å². The lowest BCUT2D eigenvalue weighted by molar-refractivity contribution is 0.0960. The molecule has 0 aliphatic rings. The molecule has 1 heterocycles. The van der Waals surface area contributed by atoms with Gasteiger partial charge in [0.05, 0.1) is 0 Å². The summed E-state index contributed by atoms with van der Waals surface area (Å²) in [7, 11) is 0. The molecule has 6 heteroatoms. The molecule has 0 unspecified atom stereocenters. The average molecular weight is 242 g/mol. The molecule has 1 aromatic rings. The minimum Gasteiger partial charge on any atom is -0.382 e. The van der Waals surface area contributed by atoms with Crippen molar-refractivity contribution in [2.75, 3.05) is 30.3 Å². The second kappa shape index (κ2) is 5.69. The van der Waals surface area contributed by atoms with Crippen LogP contribution in [0.4, 0.5) is 10.9 Å². The van der Waals surface area contributed by atoms with Crippen LogP contribution in [0.15, 0.2) is 0 Å². The number of amides is 1. The summed E-state index contributed by atoms with van der Waals surface area (Å²) in [6, 6.07) is 0. The van der Waals surface area contributed by atoms with E-state index in [-0.39, 0.29) is 5.91 Å². The van der Waals surface area contributed by atoms with Gasteiger partial charge in [0.15, 0.2) is 5.13 Å². The van der Waals surface area contributed by atoms with Gasteiger partial charge in [0, 0.05) is 19.6 Å². The van der Waals surface area contributed by atoms with Gasteiger partial charge < -0.3 is 16.0 Å². The Bertz CT molecular complexity index is 360. The maximum Gasteiger partial charge on any atom is 0.265 e. The number of nitrogen functional groups attached to an aromatic ring is 1. The third-order valence-electron chi connectivity index (χ3n) is 2.22. The highest BCUT2D eigenvalue weighted by Crippen LogP contribution is 2.27. The normalized spacial score (nSPS) is 10.2. The van der Waals surface area contributed by atoms with Crippen molar-refractivity contribution in [3.8, 4) is 0 Å². The van der Waals surface area contributed by atoms with Crippen LogP contribution < -0.4 is 16.0 Å². The molecule has 0 fully saturated rings. The number of carbonyl (C=O) groups excluding carboxylic acids is 1. The third-order valence-corrected chi connectivity index (χ3v) is 3.35. The van der Waals surface area contributed by atoms with Crippen molar-refractivity contribution in [2.24, 2.45) is 0 Å². The summed E-state index contributed by atoms with van der Waals surface area (Å²) < 4.78 is 0. The number of nitrogens with one attached hydrogen (secondary N) is 1. The van der Waals surface area contributed by atoms with Gasteiger partial charge in [0.1, 0.15) is 10.7 Å². The van der Waals surface area contributed by atoms with Gasteiger partial charge in [-0.15, -0.1) is 0 Å². The summed E-state index contributed by atoms with van der Waals surface area (Å²) in [5.74, 6) is 0.175. The molecule has 1 amide bonds. The van der Waals surface area contributed by atoms with Gasteiger partial charge in [-0.25, -0.2) is 4.98 Å². The van der Waals surface area contributed by atoms with Gasteiger partial charge in [-0.3, -0.25) is 4.79 Å². The summed E-state index contributed by atoms with van der Waals surface area (Å²) in [6.07, 6.45) is 0. The van der Waals surface area contributed by atoms with E-state index < -0.39 is 0 Å². The van der Waals surface area contributed by atoms with Crippen LogP contribution in [0.3, 0.4) is 0 Å². The topological polar surface area (TPSA) is 71.2 Å². The first kappa shape index (κ1) is 12.8. The molecule has 0 aliphatic carbocycles. The predicted octanol–water partition coefficient (Wildman–Crippen LogP) is 1.32. The first-order chi connectivity index (χ1) is 7.63. The van der Waals surface area contributed by atoms with Crippen molar-refractivity contribution in [3.05, 3.63) is 4.88 Å². The Morgan fingerprint density at radius 3 is 2.56 bits per heavy atom. The smallest absolute Gasteiger partial charge is 0.265 e. The Morgan fingerprint density at radius 1 is 1.44 bits per heavy atom. The summed E-state index contributed by atoms with van der Waals surface area (Å²) in [5, 5.41) is 3.53. The number of hydrogen-bond donors (Lipinski definition) is 2. The van der Waals surface area contributed by atoms with E-state index in [1.807, 2.05) is 20.8 Å². The van der Waals surface area contributed by atoms with E-state index >= 15 is 0 Å². The second-order valence-electron chi connectivity index (χ2n) is 3.24. The van der Waals surface area contributed by atoms with Gasteiger partial charge in [-0.05, 0) is 20.8 Å². The molecule has 0 aliphatic heterocycles. The van der Waals surface area contributed by atoms with E-state index in [2.05, 4.69) is 15.2 Å². The molecule has 0 saturated carbocycles.